The zero-order valence-corrected chi connectivity index (χ0v) is 20.1. The molecule has 0 radical (unpaired) electrons. The van der Waals surface area contributed by atoms with E-state index in [4.69, 9.17) is 0 Å². The summed E-state index contributed by atoms with van der Waals surface area (Å²) in [5, 5.41) is 6.30. The summed E-state index contributed by atoms with van der Waals surface area (Å²) in [7, 11) is 0. The number of piperidine rings is 1. The number of hydrogen-bond donors (Lipinski definition) is 2. The highest BCUT2D eigenvalue weighted by molar-refractivity contribution is 5.98. The Labute approximate surface area is 211 Å². The Bertz CT molecular complexity index is 1210. The van der Waals surface area contributed by atoms with Crippen LogP contribution < -0.4 is 10.6 Å². The fourth-order valence-electron chi connectivity index (χ4n) is 4.03. The van der Waals surface area contributed by atoms with E-state index in [1.165, 1.54) is 0 Å². The van der Waals surface area contributed by atoms with E-state index in [1.54, 1.807) is 23.3 Å². The predicted molar refractivity (Wildman–Crippen MR) is 144 cm³/mol. The van der Waals surface area contributed by atoms with E-state index in [-0.39, 0.29) is 23.6 Å². The van der Waals surface area contributed by atoms with Crippen LogP contribution in [0.4, 0.5) is 11.5 Å². The molecule has 184 valence electrons. The third kappa shape index (κ3) is 6.85. The van der Waals surface area contributed by atoms with E-state index in [0.717, 1.165) is 24.2 Å². The van der Waals surface area contributed by atoms with Gasteiger partial charge in [-0.1, -0.05) is 36.4 Å². The second-order valence-corrected chi connectivity index (χ2v) is 8.54. The average molecular weight is 483 g/mol. The molecule has 8 heteroatoms. The monoisotopic (exact) mass is 482 g/mol. The van der Waals surface area contributed by atoms with E-state index < -0.39 is 0 Å². The number of anilines is 1. The number of amides is 2. The van der Waals surface area contributed by atoms with Crippen molar-refractivity contribution < 1.29 is 9.59 Å². The third-order valence-corrected chi connectivity index (χ3v) is 5.97. The summed E-state index contributed by atoms with van der Waals surface area (Å²) in [6.07, 6.45) is 12.7. The number of rotatable bonds is 8. The molecule has 1 aliphatic heterocycles. The minimum absolute atomic E-state index is 0.0345. The molecule has 1 aromatic carbocycles. The first-order chi connectivity index (χ1) is 17.6. The number of carbonyl (C=O) groups excluding carboxylic acids is 2. The van der Waals surface area contributed by atoms with Gasteiger partial charge < -0.3 is 15.5 Å². The fourth-order valence-corrected chi connectivity index (χ4v) is 4.03. The Morgan fingerprint density at radius 1 is 1.06 bits per heavy atom. The van der Waals surface area contributed by atoms with Gasteiger partial charge in [0.15, 0.2) is 0 Å². The number of likely N-dealkylation sites (tertiary alicyclic amines) is 1. The molecule has 4 rings (SSSR count). The fraction of sp³-hybridized carbons (Fsp3) is 0.250. The number of carbonyl (C=O) groups is 2. The summed E-state index contributed by atoms with van der Waals surface area (Å²) in [5.41, 5.74) is 2.38. The Morgan fingerprint density at radius 3 is 2.58 bits per heavy atom. The van der Waals surface area contributed by atoms with Gasteiger partial charge in [0.05, 0.1) is 5.69 Å². The number of hydrogen-bond acceptors (Lipinski definition) is 6. The van der Waals surface area contributed by atoms with Crippen molar-refractivity contribution in [3.63, 3.8) is 0 Å². The first-order valence-electron chi connectivity index (χ1n) is 12.1. The summed E-state index contributed by atoms with van der Waals surface area (Å²) in [5.74, 6) is 0.218. The number of nitrogens with one attached hydrogen (secondary N) is 2. The summed E-state index contributed by atoms with van der Waals surface area (Å²) >= 11 is 0. The van der Waals surface area contributed by atoms with Gasteiger partial charge in [0.2, 0.25) is 0 Å². The average Bonchev–Trinajstić information content (AvgIpc) is 2.92. The topological polar surface area (TPSA) is 99.0 Å². The first kappa shape index (κ1) is 24.8. The van der Waals surface area contributed by atoms with Crippen molar-refractivity contribution in [1.82, 2.24) is 15.2 Å². The Kier molecular flexibility index (Phi) is 8.53. The minimum atomic E-state index is -0.220. The second-order valence-electron chi connectivity index (χ2n) is 8.54. The summed E-state index contributed by atoms with van der Waals surface area (Å²) in [6, 6.07) is 14.8. The van der Waals surface area contributed by atoms with Gasteiger partial charge in [0.25, 0.3) is 11.8 Å². The Morgan fingerprint density at radius 2 is 1.86 bits per heavy atom. The lowest BCUT2D eigenvalue weighted by Gasteiger charge is -2.32. The molecule has 2 amide bonds. The number of benzene rings is 1. The third-order valence-electron chi connectivity index (χ3n) is 5.97. The Balaban J connectivity index is 1.28. The van der Waals surface area contributed by atoms with Gasteiger partial charge in [0.1, 0.15) is 17.2 Å². The van der Waals surface area contributed by atoms with Crippen LogP contribution in [-0.4, -0.2) is 53.8 Å². The molecule has 0 saturated carbocycles. The lowest BCUT2D eigenvalue weighted by Crippen LogP contribution is -2.47. The van der Waals surface area contributed by atoms with Gasteiger partial charge >= 0.3 is 0 Å². The van der Waals surface area contributed by atoms with Gasteiger partial charge in [-0.3, -0.25) is 19.6 Å². The molecular weight excluding hydrogens is 452 g/mol. The molecule has 36 heavy (non-hydrogen) atoms. The van der Waals surface area contributed by atoms with Crippen LogP contribution in [0, 0.1) is 0 Å². The van der Waals surface area contributed by atoms with Gasteiger partial charge in [-0.15, -0.1) is 0 Å². The van der Waals surface area contributed by atoms with E-state index >= 15 is 0 Å². The number of aromatic nitrogens is 1. The smallest absolute Gasteiger partial charge is 0.272 e. The van der Waals surface area contributed by atoms with Crippen molar-refractivity contribution in [3.8, 4) is 0 Å². The second kappa shape index (κ2) is 12.4. The van der Waals surface area contributed by atoms with Crippen molar-refractivity contribution in [3.05, 3.63) is 89.9 Å². The number of pyridine rings is 1. The standard InChI is InChI=1S/C28H30N6O2/c1-29-25(15-18-30-21-9-4-2-5-10-21)28(36)34-19-16-23(17-20-34)32-27(35)24-13-8-14-26(33-24)31-22-11-6-3-7-12-22/h2,4-6,8-15,18,23H,1,3,7,16-17,19-20H2,(H,31,33)(H,32,35)/b25-15-,30-18-. The number of nitrogens with zero attached hydrogens (tertiary/aromatic N) is 4. The maximum atomic E-state index is 12.9. The molecule has 0 atom stereocenters. The molecule has 1 saturated heterocycles. The quantitative estimate of drug-likeness (QED) is 0.429. The lowest BCUT2D eigenvalue weighted by molar-refractivity contribution is -0.128. The molecule has 0 spiro atoms. The summed E-state index contributed by atoms with van der Waals surface area (Å²) in [6.45, 7) is 4.56. The normalized spacial score (nSPS) is 16.5. The lowest BCUT2D eigenvalue weighted by atomic mass is 10.0. The molecule has 0 bridgehead atoms. The zero-order valence-electron chi connectivity index (χ0n) is 20.1. The first-order valence-corrected chi connectivity index (χ1v) is 12.1. The summed E-state index contributed by atoms with van der Waals surface area (Å²) < 4.78 is 0. The van der Waals surface area contributed by atoms with Crippen molar-refractivity contribution in [2.75, 3.05) is 18.4 Å². The van der Waals surface area contributed by atoms with E-state index in [2.05, 4.69) is 44.5 Å². The van der Waals surface area contributed by atoms with Crippen LogP contribution in [0.1, 0.15) is 36.2 Å². The van der Waals surface area contributed by atoms with Crippen molar-refractivity contribution in [2.45, 2.75) is 31.7 Å². The van der Waals surface area contributed by atoms with Crippen LogP contribution in [0.25, 0.3) is 0 Å². The van der Waals surface area contributed by atoms with Crippen LogP contribution in [0.3, 0.4) is 0 Å². The van der Waals surface area contributed by atoms with Gasteiger partial charge in [0, 0.05) is 31.0 Å². The van der Waals surface area contributed by atoms with E-state index in [9.17, 15) is 9.59 Å². The molecule has 2 N–H and O–H groups in total. The number of para-hydroxylation sites is 1. The Hall–Kier alpha value is -4.33. The van der Waals surface area contributed by atoms with Gasteiger partial charge in [-0.2, -0.15) is 0 Å². The molecule has 8 nitrogen and oxygen atoms in total. The van der Waals surface area contributed by atoms with Gasteiger partial charge in [-0.25, -0.2) is 4.98 Å². The molecule has 0 unspecified atom stereocenters. The van der Waals surface area contributed by atoms with Crippen molar-refractivity contribution in [1.29, 1.82) is 0 Å². The van der Waals surface area contributed by atoms with Crippen LogP contribution in [0.15, 0.2) is 94.2 Å². The SMILES string of the molecule is C=N/C(=C\C=N/c1ccccc1)C(=O)N1CCC(NC(=O)c2cccc(NC3=CCCC=C3)n2)CC1. The summed E-state index contributed by atoms with van der Waals surface area (Å²) in [4.78, 5) is 40.1. The van der Waals surface area contributed by atoms with Crippen LogP contribution in [0.2, 0.25) is 0 Å². The highest BCUT2D eigenvalue weighted by atomic mass is 16.2. The maximum absolute atomic E-state index is 12.9. The van der Waals surface area contributed by atoms with Crippen LogP contribution >= 0.6 is 0 Å². The largest absolute Gasteiger partial charge is 0.348 e. The maximum Gasteiger partial charge on any atom is 0.272 e. The zero-order chi connectivity index (χ0) is 25.2. The molecule has 2 heterocycles. The van der Waals surface area contributed by atoms with Crippen molar-refractivity contribution in [2.24, 2.45) is 9.98 Å². The molecule has 2 aliphatic rings. The highest BCUT2D eigenvalue weighted by Gasteiger charge is 2.26. The van der Waals surface area contributed by atoms with E-state index in [1.807, 2.05) is 48.5 Å². The van der Waals surface area contributed by atoms with Crippen LogP contribution in [0.5, 0.6) is 0 Å². The minimum Gasteiger partial charge on any atom is -0.348 e. The van der Waals surface area contributed by atoms with E-state index in [0.29, 0.717) is 37.4 Å². The molecular formula is C28H30N6O2. The molecule has 1 aromatic heterocycles. The molecule has 1 aliphatic carbocycles. The number of aliphatic imine (C=N–C) groups is 2. The molecule has 1 fully saturated rings. The van der Waals surface area contributed by atoms with Crippen LogP contribution in [-0.2, 0) is 4.79 Å². The predicted octanol–water partition coefficient (Wildman–Crippen LogP) is 4.44. The molecule has 2 aromatic rings. The van der Waals surface area contributed by atoms with Gasteiger partial charge in [-0.05, 0) is 68.8 Å². The number of allylic oxidation sites excluding steroid dienone is 4. The van der Waals surface area contributed by atoms with Crippen molar-refractivity contribution >= 4 is 36.3 Å². The highest BCUT2D eigenvalue weighted by Crippen LogP contribution is 2.16.